The number of carboxylic acid groups (broad SMARTS) is 1. The zero-order valence-electron chi connectivity index (χ0n) is 19.0. The Morgan fingerprint density at radius 1 is 0.818 bits per heavy atom. The van der Waals surface area contributed by atoms with Crippen molar-refractivity contribution in [3.63, 3.8) is 0 Å². The van der Waals surface area contributed by atoms with Crippen LogP contribution in [-0.4, -0.2) is 84.7 Å². The molecule has 0 aromatic rings. The number of carbonyl (C=O) groups excluding carboxylic acids is 3. The Morgan fingerprint density at radius 3 is 1.64 bits per heavy atom. The van der Waals surface area contributed by atoms with Crippen LogP contribution in [0, 0.1) is 0 Å². The average molecular weight is 511 g/mol. The maximum atomic E-state index is 12.2. The van der Waals surface area contributed by atoms with Gasteiger partial charge in [-0.3, -0.25) is 9.59 Å². The Labute approximate surface area is 202 Å². The molecule has 2 amide bonds. The standard InChI is InChI=1S/C19H38N6O6S2/c1-31-19(30)15(25-17(27)13(23)7-3-5-9-21)11-33-32-10-14(18(28)29)24-16(26)12(22)6-2-4-8-20/h12-15H,2-11,20-23H2,1H3,(H,24,26)(H,25,27)(H,28,29). The number of carboxylic acids is 1. The smallest absolute Gasteiger partial charge is 0.329 e. The first-order valence-corrected chi connectivity index (χ1v) is 13.2. The number of nitrogens with one attached hydrogen (secondary N) is 2. The second kappa shape index (κ2) is 18.8. The highest BCUT2D eigenvalue weighted by atomic mass is 33.1. The van der Waals surface area contributed by atoms with Crippen LogP contribution in [0.15, 0.2) is 0 Å². The first-order valence-electron chi connectivity index (χ1n) is 10.7. The summed E-state index contributed by atoms with van der Waals surface area (Å²) in [4.78, 5) is 47.9. The number of nitrogens with two attached hydrogens (primary N) is 4. The Bertz CT molecular complexity index is 615. The lowest BCUT2D eigenvalue weighted by molar-refractivity contribution is -0.144. The van der Waals surface area contributed by atoms with Gasteiger partial charge in [0.25, 0.3) is 0 Å². The van der Waals surface area contributed by atoms with Gasteiger partial charge in [-0.1, -0.05) is 34.4 Å². The minimum Gasteiger partial charge on any atom is -0.480 e. The highest BCUT2D eigenvalue weighted by Gasteiger charge is 2.26. The van der Waals surface area contributed by atoms with E-state index in [1.807, 2.05) is 0 Å². The van der Waals surface area contributed by atoms with Crippen LogP contribution in [0.4, 0.5) is 0 Å². The third-order valence-electron chi connectivity index (χ3n) is 4.58. The quantitative estimate of drug-likeness (QED) is 0.0599. The molecule has 11 N–H and O–H groups in total. The molecule has 4 unspecified atom stereocenters. The van der Waals surface area contributed by atoms with Crippen LogP contribution >= 0.6 is 21.6 Å². The van der Waals surface area contributed by atoms with Gasteiger partial charge in [-0.05, 0) is 38.8 Å². The third-order valence-corrected chi connectivity index (χ3v) is 7.00. The van der Waals surface area contributed by atoms with E-state index in [0.29, 0.717) is 38.8 Å². The van der Waals surface area contributed by atoms with E-state index >= 15 is 0 Å². The molecular weight excluding hydrogens is 472 g/mol. The van der Waals surface area contributed by atoms with Gasteiger partial charge in [0.1, 0.15) is 12.1 Å². The molecule has 0 saturated carbocycles. The summed E-state index contributed by atoms with van der Waals surface area (Å²) in [7, 11) is 3.50. The zero-order chi connectivity index (χ0) is 25.2. The van der Waals surface area contributed by atoms with E-state index in [1.165, 1.54) is 7.11 Å². The van der Waals surface area contributed by atoms with Gasteiger partial charge < -0.3 is 43.4 Å². The Balaban J connectivity index is 4.61. The second-order valence-corrected chi connectivity index (χ2v) is 9.89. The number of esters is 1. The summed E-state index contributed by atoms with van der Waals surface area (Å²) >= 11 is 0. The van der Waals surface area contributed by atoms with Crippen molar-refractivity contribution in [2.75, 3.05) is 31.7 Å². The van der Waals surface area contributed by atoms with Gasteiger partial charge in [0.05, 0.1) is 19.2 Å². The maximum Gasteiger partial charge on any atom is 0.329 e. The molecule has 0 aromatic carbocycles. The topological polar surface area (TPSA) is 226 Å². The molecule has 0 heterocycles. The van der Waals surface area contributed by atoms with E-state index in [1.54, 1.807) is 0 Å². The predicted molar refractivity (Wildman–Crippen MR) is 130 cm³/mol. The maximum absolute atomic E-state index is 12.2. The normalized spacial score (nSPS) is 14.6. The summed E-state index contributed by atoms with van der Waals surface area (Å²) in [5, 5.41) is 14.4. The number of carbonyl (C=O) groups is 4. The van der Waals surface area contributed by atoms with Crippen LogP contribution in [0.25, 0.3) is 0 Å². The van der Waals surface area contributed by atoms with Crippen molar-refractivity contribution in [3.05, 3.63) is 0 Å². The molecule has 0 spiro atoms. The van der Waals surface area contributed by atoms with Gasteiger partial charge in [-0.25, -0.2) is 9.59 Å². The van der Waals surface area contributed by atoms with E-state index in [0.717, 1.165) is 34.4 Å². The minimum absolute atomic E-state index is 0.0295. The molecule has 192 valence electrons. The summed E-state index contributed by atoms with van der Waals surface area (Å²) in [6, 6.07) is -3.70. The van der Waals surface area contributed by atoms with Crippen molar-refractivity contribution in [1.29, 1.82) is 0 Å². The van der Waals surface area contributed by atoms with E-state index in [4.69, 9.17) is 27.7 Å². The van der Waals surface area contributed by atoms with Gasteiger partial charge in [-0.15, -0.1) is 0 Å². The van der Waals surface area contributed by atoms with Crippen molar-refractivity contribution < 1.29 is 29.0 Å². The van der Waals surface area contributed by atoms with E-state index in [-0.39, 0.29) is 11.5 Å². The number of unbranched alkanes of at least 4 members (excludes halogenated alkanes) is 2. The Morgan fingerprint density at radius 2 is 1.24 bits per heavy atom. The van der Waals surface area contributed by atoms with Crippen molar-refractivity contribution in [2.24, 2.45) is 22.9 Å². The van der Waals surface area contributed by atoms with Crippen LogP contribution < -0.4 is 33.6 Å². The summed E-state index contributed by atoms with van der Waals surface area (Å²) in [5.74, 6) is -2.72. The molecule has 0 rings (SSSR count). The minimum atomic E-state index is -1.20. The number of methoxy groups -OCH3 is 1. The van der Waals surface area contributed by atoms with E-state index in [9.17, 15) is 24.3 Å². The molecule has 12 nitrogen and oxygen atoms in total. The fraction of sp³-hybridized carbons (Fsp3) is 0.789. The summed E-state index contributed by atoms with van der Waals surface area (Å²) < 4.78 is 4.72. The number of rotatable bonds is 19. The molecule has 0 aromatic heterocycles. The first-order chi connectivity index (χ1) is 15.7. The molecule has 33 heavy (non-hydrogen) atoms. The summed E-state index contributed by atoms with van der Waals surface area (Å²) in [6.45, 7) is 0.998. The van der Waals surface area contributed by atoms with Gasteiger partial charge in [-0.2, -0.15) is 0 Å². The fourth-order valence-electron chi connectivity index (χ4n) is 2.55. The Hall–Kier alpha value is -1.58. The second-order valence-electron chi connectivity index (χ2n) is 7.33. The van der Waals surface area contributed by atoms with Crippen LogP contribution in [0.1, 0.15) is 38.5 Å². The number of hydrogen-bond acceptors (Lipinski definition) is 11. The van der Waals surface area contributed by atoms with Crippen LogP contribution in [0.3, 0.4) is 0 Å². The monoisotopic (exact) mass is 510 g/mol. The summed E-state index contributed by atoms with van der Waals surface area (Å²) in [6.07, 6.45) is 3.68. The van der Waals surface area contributed by atoms with Crippen molar-refractivity contribution in [2.45, 2.75) is 62.7 Å². The molecule has 0 radical (unpaired) electrons. The summed E-state index contributed by atoms with van der Waals surface area (Å²) in [5.41, 5.74) is 22.5. The van der Waals surface area contributed by atoms with Crippen LogP contribution in [0.5, 0.6) is 0 Å². The molecule has 4 atom stereocenters. The van der Waals surface area contributed by atoms with E-state index < -0.39 is 47.9 Å². The van der Waals surface area contributed by atoms with Gasteiger partial charge in [0.15, 0.2) is 0 Å². The van der Waals surface area contributed by atoms with Crippen molar-refractivity contribution in [1.82, 2.24) is 10.6 Å². The number of hydrogen-bond donors (Lipinski definition) is 7. The highest BCUT2D eigenvalue weighted by molar-refractivity contribution is 8.76. The van der Waals surface area contributed by atoms with E-state index in [2.05, 4.69) is 10.6 Å². The molecule has 0 bridgehead atoms. The molecule has 0 fully saturated rings. The zero-order valence-corrected chi connectivity index (χ0v) is 20.6. The predicted octanol–water partition coefficient (Wildman–Crippen LogP) is -1.49. The average Bonchev–Trinajstić information content (AvgIpc) is 2.79. The van der Waals surface area contributed by atoms with Gasteiger partial charge in [0.2, 0.25) is 11.8 Å². The van der Waals surface area contributed by atoms with Crippen LogP contribution in [-0.2, 0) is 23.9 Å². The number of amides is 2. The number of aliphatic carboxylic acids is 1. The lowest BCUT2D eigenvalue weighted by Gasteiger charge is -2.20. The van der Waals surface area contributed by atoms with Gasteiger partial charge >= 0.3 is 11.9 Å². The molecule has 0 aliphatic carbocycles. The lowest BCUT2D eigenvalue weighted by Crippen LogP contribution is -2.50. The molecule has 14 heteroatoms. The largest absolute Gasteiger partial charge is 0.480 e. The van der Waals surface area contributed by atoms with Crippen LogP contribution in [0.2, 0.25) is 0 Å². The molecule has 0 saturated heterocycles. The number of ether oxygens (including phenoxy) is 1. The molecule has 0 aliphatic rings. The highest BCUT2D eigenvalue weighted by Crippen LogP contribution is 2.23. The fourth-order valence-corrected chi connectivity index (χ4v) is 4.86. The first kappa shape index (κ1) is 31.4. The third kappa shape index (κ3) is 14.3. The SMILES string of the molecule is COC(=O)C(CSSCC(NC(=O)C(N)CCCCN)C(=O)O)NC(=O)C(N)CCCCN. The van der Waals surface area contributed by atoms with Gasteiger partial charge in [0, 0.05) is 11.5 Å². The molecule has 0 aliphatic heterocycles. The van der Waals surface area contributed by atoms with Crippen molar-refractivity contribution in [3.8, 4) is 0 Å². The van der Waals surface area contributed by atoms with Crippen molar-refractivity contribution >= 4 is 45.3 Å². The lowest BCUT2D eigenvalue weighted by atomic mass is 10.1. The molecular formula is C19H38N6O6S2. The Kier molecular flexibility index (Phi) is 17.9.